The van der Waals surface area contributed by atoms with E-state index in [9.17, 15) is 4.79 Å². The van der Waals surface area contributed by atoms with Crippen LogP contribution in [-0.2, 0) is 4.74 Å². The topological polar surface area (TPSA) is 26.3 Å². The Hall–Kier alpha value is -1.15. The number of carbonyl (C=O) groups excluding carboxylic acids is 1. The van der Waals surface area contributed by atoms with Gasteiger partial charge in [-0.15, -0.1) is 0 Å². The summed E-state index contributed by atoms with van der Waals surface area (Å²) in [6.45, 7) is 6.12. The van der Waals surface area contributed by atoms with Crippen LogP contribution in [0.1, 0.15) is 41.3 Å². The van der Waals surface area contributed by atoms with Gasteiger partial charge in [-0.2, -0.15) is 0 Å². The Morgan fingerprint density at radius 1 is 1.31 bits per heavy atom. The SMILES string of the molecule is CCCC(OC)C(=O)c1ccc(C)c(C)c1. The van der Waals surface area contributed by atoms with E-state index in [1.54, 1.807) is 7.11 Å². The number of methoxy groups -OCH3 is 1. The second kappa shape index (κ2) is 5.80. The zero-order chi connectivity index (χ0) is 12.1. The molecule has 88 valence electrons. The van der Waals surface area contributed by atoms with Crippen LogP contribution in [0.3, 0.4) is 0 Å². The zero-order valence-corrected chi connectivity index (χ0v) is 10.5. The summed E-state index contributed by atoms with van der Waals surface area (Å²) >= 11 is 0. The molecule has 1 aromatic carbocycles. The van der Waals surface area contributed by atoms with Crippen molar-refractivity contribution in [3.05, 3.63) is 34.9 Å². The third-order valence-electron chi connectivity index (χ3n) is 2.92. The minimum Gasteiger partial charge on any atom is -0.373 e. The van der Waals surface area contributed by atoms with E-state index in [-0.39, 0.29) is 11.9 Å². The number of ketones is 1. The van der Waals surface area contributed by atoms with E-state index < -0.39 is 0 Å². The van der Waals surface area contributed by atoms with Gasteiger partial charge in [-0.05, 0) is 37.5 Å². The van der Waals surface area contributed by atoms with Gasteiger partial charge in [-0.25, -0.2) is 0 Å². The van der Waals surface area contributed by atoms with Crippen molar-refractivity contribution < 1.29 is 9.53 Å². The lowest BCUT2D eigenvalue weighted by Crippen LogP contribution is -2.22. The molecule has 0 N–H and O–H groups in total. The first-order chi connectivity index (χ1) is 7.60. The quantitative estimate of drug-likeness (QED) is 0.712. The van der Waals surface area contributed by atoms with Gasteiger partial charge in [0.1, 0.15) is 6.10 Å². The first-order valence-corrected chi connectivity index (χ1v) is 5.74. The predicted molar refractivity (Wildman–Crippen MR) is 66.0 cm³/mol. The molecule has 0 fully saturated rings. The molecule has 0 spiro atoms. The van der Waals surface area contributed by atoms with Crippen molar-refractivity contribution in [3.8, 4) is 0 Å². The summed E-state index contributed by atoms with van der Waals surface area (Å²) in [6, 6.07) is 5.81. The first-order valence-electron chi connectivity index (χ1n) is 5.74. The molecule has 0 aliphatic rings. The van der Waals surface area contributed by atoms with Crippen molar-refractivity contribution >= 4 is 5.78 Å². The lowest BCUT2D eigenvalue weighted by Gasteiger charge is -2.13. The lowest BCUT2D eigenvalue weighted by atomic mass is 9.99. The van der Waals surface area contributed by atoms with Crippen LogP contribution in [0, 0.1) is 13.8 Å². The van der Waals surface area contributed by atoms with Gasteiger partial charge in [0, 0.05) is 12.7 Å². The van der Waals surface area contributed by atoms with Gasteiger partial charge in [0.25, 0.3) is 0 Å². The Kier molecular flexibility index (Phi) is 4.69. The maximum atomic E-state index is 12.1. The van der Waals surface area contributed by atoms with Crippen molar-refractivity contribution in [2.75, 3.05) is 7.11 Å². The van der Waals surface area contributed by atoms with E-state index in [4.69, 9.17) is 4.74 Å². The smallest absolute Gasteiger partial charge is 0.191 e. The average molecular weight is 220 g/mol. The Labute approximate surface area is 97.6 Å². The van der Waals surface area contributed by atoms with E-state index in [1.165, 1.54) is 5.56 Å². The molecule has 0 saturated carbocycles. The number of hydrogen-bond donors (Lipinski definition) is 0. The summed E-state index contributed by atoms with van der Waals surface area (Å²) < 4.78 is 5.23. The second-order valence-electron chi connectivity index (χ2n) is 4.18. The maximum absolute atomic E-state index is 12.1. The molecule has 0 heterocycles. The number of ether oxygens (including phenoxy) is 1. The molecule has 0 saturated heterocycles. The zero-order valence-electron chi connectivity index (χ0n) is 10.5. The lowest BCUT2D eigenvalue weighted by molar-refractivity contribution is 0.0578. The summed E-state index contributed by atoms with van der Waals surface area (Å²) in [7, 11) is 1.60. The molecule has 1 rings (SSSR count). The Balaban J connectivity index is 2.90. The molecule has 0 aliphatic carbocycles. The fourth-order valence-electron chi connectivity index (χ4n) is 1.70. The molecule has 0 bridgehead atoms. The Bertz CT molecular complexity index is 369. The van der Waals surface area contributed by atoms with Crippen LogP contribution in [0.15, 0.2) is 18.2 Å². The predicted octanol–water partition coefficient (Wildman–Crippen LogP) is 3.30. The highest BCUT2D eigenvalue weighted by molar-refractivity contribution is 5.99. The van der Waals surface area contributed by atoms with Crippen molar-refractivity contribution in [3.63, 3.8) is 0 Å². The Morgan fingerprint density at radius 2 is 2.00 bits per heavy atom. The highest BCUT2D eigenvalue weighted by Gasteiger charge is 2.18. The number of hydrogen-bond acceptors (Lipinski definition) is 2. The third-order valence-corrected chi connectivity index (χ3v) is 2.92. The van der Waals surface area contributed by atoms with Crippen molar-refractivity contribution in [1.29, 1.82) is 0 Å². The first kappa shape index (κ1) is 12.9. The van der Waals surface area contributed by atoms with Gasteiger partial charge in [-0.3, -0.25) is 4.79 Å². The Morgan fingerprint density at radius 3 is 2.50 bits per heavy atom. The number of carbonyl (C=O) groups is 1. The molecule has 0 radical (unpaired) electrons. The molecule has 2 heteroatoms. The van der Waals surface area contributed by atoms with Gasteiger partial charge in [0.2, 0.25) is 0 Å². The summed E-state index contributed by atoms with van der Waals surface area (Å²) in [4.78, 5) is 12.1. The van der Waals surface area contributed by atoms with E-state index in [0.29, 0.717) is 0 Å². The fraction of sp³-hybridized carbons (Fsp3) is 0.500. The van der Waals surface area contributed by atoms with Crippen LogP contribution in [0.4, 0.5) is 0 Å². The van der Waals surface area contributed by atoms with Gasteiger partial charge >= 0.3 is 0 Å². The molecule has 0 aromatic heterocycles. The van der Waals surface area contributed by atoms with Crippen LogP contribution < -0.4 is 0 Å². The summed E-state index contributed by atoms with van der Waals surface area (Å²) in [5.41, 5.74) is 3.11. The van der Waals surface area contributed by atoms with Crippen LogP contribution in [-0.4, -0.2) is 19.0 Å². The van der Waals surface area contributed by atoms with E-state index in [1.807, 2.05) is 32.0 Å². The standard InChI is InChI=1S/C14H20O2/c1-5-6-13(16-4)14(15)12-8-7-10(2)11(3)9-12/h7-9,13H,5-6H2,1-4H3. The molecule has 16 heavy (non-hydrogen) atoms. The fourth-order valence-corrected chi connectivity index (χ4v) is 1.70. The van der Waals surface area contributed by atoms with E-state index >= 15 is 0 Å². The second-order valence-corrected chi connectivity index (χ2v) is 4.18. The number of benzene rings is 1. The minimum atomic E-state index is -0.299. The normalized spacial score (nSPS) is 12.5. The summed E-state index contributed by atoms with van der Waals surface area (Å²) in [5, 5.41) is 0. The van der Waals surface area contributed by atoms with Crippen molar-refractivity contribution in [2.24, 2.45) is 0 Å². The molecular weight excluding hydrogens is 200 g/mol. The number of aryl methyl sites for hydroxylation is 2. The number of Topliss-reactive ketones (excluding diaryl/α,β-unsaturated/α-hetero) is 1. The van der Waals surface area contributed by atoms with Crippen LogP contribution in [0.2, 0.25) is 0 Å². The largest absolute Gasteiger partial charge is 0.373 e. The van der Waals surface area contributed by atoms with Crippen molar-refractivity contribution in [2.45, 2.75) is 39.7 Å². The van der Waals surface area contributed by atoms with Crippen LogP contribution in [0.25, 0.3) is 0 Å². The molecule has 1 aromatic rings. The van der Waals surface area contributed by atoms with Crippen LogP contribution >= 0.6 is 0 Å². The van der Waals surface area contributed by atoms with Crippen molar-refractivity contribution in [1.82, 2.24) is 0 Å². The maximum Gasteiger partial charge on any atom is 0.191 e. The molecule has 1 atom stereocenters. The molecule has 1 unspecified atom stereocenters. The van der Waals surface area contributed by atoms with Crippen LogP contribution in [0.5, 0.6) is 0 Å². The third kappa shape index (κ3) is 2.92. The molecular formula is C14H20O2. The van der Waals surface area contributed by atoms with Gasteiger partial charge < -0.3 is 4.74 Å². The van der Waals surface area contributed by atoms with E-state index in [2.05, 4.69) is 6.92 Å². The minimum absolute atomic E-state index is 0.0902. The summed E-state index contributed by atoms with van der Waals surface area (Å²) in [5.74, 6) is 0.0902. The monoisotopic (exact) mass is 220 g/mol. The number of rotatable bonds is 5. The van der Waals surface area contributed by atoms with Gasteiger partial charge in [0.15, 0.2) is 5.78 Å². The highest BCUT2D eigenvalue weighted by Crippen LogP contribution is 2.14. The van der Waals surface area contributed by atoms with Gasteiger partial charge in [0.05, 0.1) is 0 Å². The summed E-state index contributed by atoms with van der Waals surface area (Å²) in [6.07, 6.45) is 1.43. The molecule has 2 nitrogen and oxygen atoms in total. The highest BCUT2D eigenvalue weighted by atomic mass is 16.5. The van der Waals surface area contributed by atoms with E-state index in [0.717, 1.165) is 24.0 Å². The van der Waals surface area contributed by atoms with Gasteiger partial charge in [-0.1, -0.05) is 25.5 Å². The molecule has 0 aliphatic heterocycles. The molecule has 0 amide bonds. The average Bonchev–Trinajstić information content (AvgIpc) is 2.28.